The van der Waals surface area contributed by atoms with Crippen molar-refractivity contribution in [3.63, 3.8) is 0 Å². The van der Waals surface area contributed by atoms with Crippen LogP contribution in [0.15, 0.2) is 83.8 Å². The van der Waals surface area contributed by atoms with E-state index >= 15 is 0 Å². The molecule has 1 aromatic heterocycles. The number of nitrogens with zero attached hydrogens (tertiary/aromatic N) is 3. The summed E-state index contributed by atoms with van der Waals surface area (Å²) in [5.74, 6) is 0.289. The predicted octanol–water partition coefficient (Wildman–Crippen LogP) is 4.44. The first kappa shape index (κ1) is 22.8. The van der Waals surface area contributed by atoms with Gasteiger partial charge in [0, 0.05) is 47.9 Å². The lowest BCUT2D eigenvalue weighted by molar-refractivity contribution is 0.0479. The van der Waals surface area contributed by atoms with Crippen LogP contribution >= 0.6 is 0 Å². The highest BCUT2D eigenvalue weighted by Crippen LogP contribution is 2.22. The molecule has 2 heterocycles. The van der Waals surface area contributed by atoms with Gasteiger partial charge in [0.15, 0.2) is 0 Å². The van der Waals surface area contributed by atoms with Crippen molar-refractivity contribution in [3.05, 3.63) is 106 Å². The van der Waals surface area contributed by atoms with E-state index < -0.39 is 0 Å². The number of pyridine rings is 1. The van der Waals surface area contributed by atoms with Crippen LogP contribution in [-0.4, -0.2) is 47.1 Å². The molecule has 35 heavy (non-hydrogen) atoms. The summed E-state index contributed by atoms with van der Waals surface area (Å²) in [6.45, 7) is 2.21. The molecule has 0 saturated carbocycles. The molecule has 0 unspecified atom stereocenters. The molecule has 0 spiro atoms. The highest BCUT2D eigenvalue weighted by Gasteiger charge is 2.26. The van der Waals surface area contributed by atoms with E-state index in [1.165, 1.54) is 10.6 Å². The number of ether oxygens (including phenoxy) is 1. The van der Waals surface area contributed by atoms with Gasteiger partial charge in [-0.05, 0) is 42.8 Å². The van der Waals surface area contributed by atoms with Gasteiger partial charge in [-0.3, -0.25) is 19.1 Å². The van der Waals surface area contributed by atoms with E-state index in [-0.39, 0.29) is 17.3 Å². The lowest BCUT2D eigenvalue weighted by Gasteiger charge is -2.36. The first-order chi connectivity index (χ1) is 17.0. The molecule has 0 atom stereocenters. The van der Waals surface area contributed by atoms with E-state index in [0.717, 1.165) is 13.0 Å². The van der Waals surface area contributed by atoms with Crippen molar-refractivity contribution < 1.29 is 13.9 Å². The van der Waals surface area contributed by atoms with Crippen molar-refractivity contribution in [2.75, 3.05) is 26.9 Å². The van der Waals surface area contributed by atoms with Gasteiger partial charge >= 0.3 is 0 Å². The minimum absolute atomic E-state index is 0.151. The molecular weight excluding hydrogens is 445 g/mol. The van der Waals surface area contributed by atoms with Crippen LogP contribution in [0, 0.1) is 5.82 Å². The highest BCUT2D eigenvalue weighted by molar-refractivity contribution is 6.06. The lowest BCUT2D eigenvalue weighted by atomic mass is 10.1. The molecule has 7 heteroatoms. The molecule has 178 valence electrons. The first-order valence-corrected chi connectivity index (χ1v) is 11.6. The molecular formula is C28H26FN3O3. The second-order valence-electron chi connectivity index (χ2n) is 8.67. The Morgan fingerprint density at radius 1 is 0.943 bits per heavy atom. The van der Waals surface area contributed by atoms with Gasteiger partial charge in [-0.1, -0.05) is 36.4 Å². The molecule has 0 bridgehead atoms. The van der Waals surface area contributed by atoms with E-state index in [1.807, 2.05) is 18.2 Å². The molecule has 6 nitrogen and oxygen atoms in total. The Labute approximate surface area is 202 Å². The van der Waals surface area contributed by atoms with Gasteiger partial charge in [-0.2, -0.15) is 0 Å². The molecule has 0 radical (unpaired) electrons. The van der Waals surface area contributed by atoms with Crippen LogP contribution in [0.1, 0.15) is 22.3 Å². The molecule has 0 N–H and O–H groups in total. The van der Waals surface area contributed by atoms with Crippen molar-refractivity contribution in [3.8, 4) is 11.4 Å². The topological polar surface area (TPSA) is 54.8 Å². The second kappa shape index (κ2) is 9.72. The molecule has 1 amide bonds. The van der Waals surface area contributed by atoms with Gasteiger partial charge in [0.1, 0.15) is 11.6 Å². The van der Waals surface area contributed by atoms with Gasteiger partial charge in [0.05, 0.1) is 19.3 Å². The fraction of sp³-hybridized carbons (Fsp3) is 0.214. The summed E-state index contributed by atoms with van der Waals surface area (Å²) in [5.41, 5.74) is 1.53. The van der Waals surface area contributed by atoms with E-state index in [4.69, 9.17) is 4.74 Å². The van der Waals surface area contributed by atoms with Crippen LogP contribution in [-0.2, 0) is 6.54 Å². The Kier molecular flexibility index (Phi) is 6.33. The fourth-order valence-electron chi connectivity index (χ4n) is 4.60. The molecule has 1 aliphatic heterocycles. The Bertz CT molecular complexity index is 1430. The number of aromatic nitrogens is 1. The van der Waals surface area contributed by atoms with Gasteiger partial charge in [0.25, 0.3) is 11.5 Å². The zero-order chi connectivity index (χ0) is 24.4. The maximum absolute atomic E-state index is 14.2. The zero-order valence-electron chi connectivity index (χ0n) is 19.5. The van der Waals surface area contributed by atoms with Crippen molar-refractivity contribution in [2.24, 2.45) is 0 Å². The SMILES string of the molecule is COc1ccc(-n2cc(C(=O)N3CCCN(Cc4ccccc4F)C3)c3ccccc3c2=O)cc1. The van der Waals surface area contributed by atoms with Crippen LogP contribution in [0.2, 0.25) is 0 Å². The van der Waals surface area contributed by atoms with Crippen LogP contribution < -0.4 is 10.3 Å². The molecule has 4 aromatic rings. The van der Waals surface area contributed by atoms with Crippen LogP contribution in [0.4, 0.5) is 4.39 Å². The fourth-order valence-corrected chi connectivity index (χ4v) is 4.60. The number of carbonyl (C=O) groups is 1. The number of carbonyl (C=O) groups excluding carboxylic acids is 1. The largest absolute Gasteiger partial charge is 0.497 e. The minimum Gasteiger partial charge on any atom is -0.497 e. The summed E-state index contributed by atoms with van der Waals surface area (Å²) >= 11 is 0. The summed E-state index contributed by atoms with van der Waals surface area (Å²) in [5, 5.41) is 1.10. The third-order valence-electron chi connectivity index (χ3n) is 6.42. The third kappa shape index (κ3) is 4.55. The normalized spacial score (nSPS) is 14.3. The van der Waals surface area contributed by atoms with Gasteiger partial charge < -0.3 is 9.64 Å². The van der Waals surface area contributed by atoms with E-state index in [1.54, 1.807) is 66.7 Å². The quantitative estimate of drug-likeness (QED) is 0.432. The van der Waals surface area contributed by atoms with Crippen molar-refractivity contribution in [2.45, 2.75) is 13.0 Å². The number of hydrogen-bond donors (Lipinski definition) is 0. The Morgan fingerprint density at radius 2 is 1.66 bits per heavy atom. The second-order valence-corrected chi connectivity index (χ2v) is 8.67. The van der Waals surface area contributed by atoms with Crippen LogP contribution in [0.3, 0.4) is 0 Å². The van der Waals surface area contributed by atoms with Crippen LogP contribution in [0.5, 0.6) is 5.75 Å². The smallest absolute Gasteiger partial charge is 0.262 e. The van der Waals surface area contributed by atoms with Gasteiger partial charge in [0.2, 0.25) is 0 Å². The average Bonchev–Trinajstić information content (AvgIpc) is 2.90. The number of fused-ring (bicyclic) bond motifs is 1. The zero-order valence-corrected chi connectivity index (χ0v) is 19.5. The predicted molar refractivity (Wildman–Crippen MR) is 133 cm³/mol. The minimum atomic E-state index is -0.242. The molecule has 1 aliphatic rings. The third-order valence-corrected chi connectivity index (χ3v) is 6.42. The number of rotatable bonds is 5. The maximum atomic E-state index is 14.2. The molecule has 3 aromatic carbocycles. The Morgan fingerprint density at radius 3 is 2.40 bits per heavy atom. The van der Waals surface area contributed by atoms with E-state index in [0.29, 0.717) is 53.1 Å². The summed E-state index contributed by atoms with van der Waals surface area (Å²) in [6, 6.07) is 21.1. The molecule has 1 fully saturated rings. The Hall–Kier alpha value is -3.97. The van der Waals surface area contributed by atoms with Crippen LogP contribution in [0.25, 0.3) is 16.5 Å². The average molecular weight is 472 g/mol. The number of amides is 1. The number of hydrogen-bond acceptors (Lipinski definition) is 4. The van der Waals surface area contributed by atoms with Gasteiger partial charge in [-0.15, -0.1) is 0 Å². The molecule has 1 saturated heterocycles. The number of methoxy groups -OCH3 is 1. The van der Waals surface area contributed by atoms with Gasteiger partial charge in [-0.25, -0.2) is 4.39 Å². The van der Waals surface area contributed by atoms with Crippen molar-refractivity contribution in [1.82, 2.24) is 14.4 Å². The standard InChI is InChI=1S/C28H26FN3O3/c1-35-22-13-11-21(12-14-22)32-18-25(23-8-3-4-9-24(23)28(32)34)27(33)31-16-6-15-30(19-31)17-20-7-2-5-10-26(20)29/h2-5,7-14,18H,6,15-17,19H2,1H3. The Balaban J connectivity index is 1.49. The van der Waals surface area contributed by atoms with E-state index in [9.17, 15) is 14.0 Å². The monoisotopic (exact) mass is 471 g/mol. The number of benzene rings is 3. The summed E-state index contributed by atoms with van der Waals surface area (Å²) in [7, 11) is 1.59. The molecule has 5 rings (SSSR count). The highest BCUT2D eigenvalue weighted by atomic mass is 19.1. The number of halogens is 1. The maximum Gasteiger partial charge on any atom is 0.262 e. The summed E-state index contributed by atoms with van der Waals surface area (Å²) in [4.78, 5) is 30.9. The van der Waals surface area contributed by atoms with Crippen molar-refractivity contribution >= 4 is 16.7 Å². The van der Waals surface area contributed by atoms with E-state index in [2.05, 4.69) is 4.90 Å². The lowest BCUT2D eigenvalue weighted by Crippen LogP contribution is -2.47. The summed E-state index contributed by atoms with van der Waals surface area (Å²) < 4.78 is 20.9. The van der Waals surface area contributed by atoms with Crippen molar-refractivity contribution in [1.29, 1.82) is 0 Å². The molecule has 0 aliphatic carbocycles. The first-order valence-electron chi connectivity index (χ1n) is 11.6. The summed E-state index contributed by atoms with van der Waals surface area (Å²) in [6.07, 6.45) is 2.42.